The van der Waals surface area contributed by atoms with Crippen LogP contribution in [0.25, 0.3) is 0 Å². The van der Waals surface area contributed by atoms with Crippen molar-refractivity contribution >= 4 is 11.7 Å². The molecule has 0 unspecified atom stereocenters. The quantitative estimate of drug-likeness (QED) is 0.716. The molecule has 0 spiro atoms. The van der Waals surface area contributed by atoms with Gasteiger partial charge in [0.1, 0.15) is 0 Å². The van der Waals surface area contributed by atoms with Gasteiger partial charge in [0.15, 0.2) is 11.5 Å². The van der Waals surface area contributed by atoms with E-state index in [2.05, 4.69) is 5.32 Å². The summed E-state index contributed by atoms with van der Waals surface area (Å²) in [6.07, 6.45) is 1.19. The minimum Gasteiger partial charge on any atom is -0.490 e. The third-order valence-electron chi connectivity index (χ3n) is 2.48. The lowest BCUT2D eigenvalue weighted by Gasteiger charge is -2.13. The second-order valence-corrected chi connectivity index (χ2v) is 4.21. The van der Waals surface area contributed by atoms with E-state index in [-0.39, 0.29) is 0 Å². The van der Waals surface area contributed by atoms with Crippen molar-refractivity contribution < 1.29 is 19.4 Å². The van der Waals surface area contributed by atoms with Gasteiger partial charge in [0.2, 0.25) is 0 Å². The second kappa shape index (κ2) is 8.09. The van der Waals surface area contributed by atoms with Crippen LogP contribution in [0.2, 0.25) is 0 Å². The first kappa shape index (κ1) is 15.9. The van der Waals surface area contributed by atoms with E-state index in [9.17, 15) is 4.79 Å². The highest BCUT2D eigenvalue weighted by atomic mass is 16.5. The van der Waals surface area contributed by atoms with Crippen LogP contribution in [0.15, 0.2) is 29.8 Å². The van der Waals surface area contributed by atoms with Crippen molar-refractivity contribution in [1.82, 2.24) is 0 Å². The Morgan fingerprint density at radius 1 is 1.25 bits per heavy atom. The summed E-state index contributed by atoms with van der Waals surface area (Å²) >= 11 is 0. The Hall–Kier alpha value is -2.17. The van der Waals surface area contributed by atoms with Gasteiger partial charge in [-0.1, -0.05) is 0 Å². The van der Waals surface area contributed by atoms with Crippen molar-refractivity contribution in [2.45, 2.75) is 20.8 Å². The summed E-state index contributed by atoms with van der Waals surface area (Å²) in [5.74, 6) is 0.447. The van der Waals surface area contributed by atoms with E-state index in [1.54, 1.807) is 6.92 Å². The highest BCUT2D eigenvalue weighted by molar-refractivity contribution is 5.80. The second-order valence-electron chi connectivity index (χ2n) is 4.21. The molecule has 1 aromatic carbocycles. The molecule has 0 atom stereocenters. The van der Waals surface area contributed by atoms with Crippen molar-refractivity contribution in [1.29, 1.82) is 0 Å². The maximum atomic E-state index is 10.5. The van der Waals surface area contributed by atoms with Crippen molar-refractivity contribution in [3.05, 3.63) is 29.8 Å². The zero-order chi connectivity index (χ0) is 15.0. The standard InChI is InChI=1S/C15H21NO4/c1-4-19-13-7-6-12(9-14(13)20-5-2)16-10-11(3)8-15(17)18/h6-9,16H,4-5,10H2,1-3H3,(H,17,18)/b11-8+. The molecule has 110 valence electrons. The van der Waals surface area contributed by atoms with Crippen molar-refractivity contribution in [2.24, 2.45) is 0 Å². The van der Waals surface area contributed by atoms with Crippen LogP contribution >= 0.6 is 0 Å². The van der Waals surface area contributed by atoms with Gasteiger partial charge in [0, 0.05) is 24.4 Å². The van der Waals surface area contributed by atoms with Gasteiger partial charge < -0.3 is 19.9 Å². The van der Waals surface area contributed by atoms with Crippen LogP contribution in [0.3, 0.4) is 0 Å². The number of hydrogen-bond donors (Lipinski definition) is 2. The molecule has 0 saturated heterocycles. The molecule has 1 rings (SSSR count). The molecule has 0 bridgehead atoms. The predicted octanol–water partition coefficient (Wildman–Crippen LogP) is 2.93. The Kier molecular flexibility index (Phi) is 6.43. The van der Waals surface area contributed by atoms with Crippen LogP contribution in [0.4, 0.5) is 5.69 Å². The molecule has 0 heterocycles. The summed E-state index contributed by atoms with van der Waals surface area (Å²) in [6.45, 7) is 7.19. The molecule has 5 heteroatoms. The molecule has 5 nitrogen and oxygen atoms in total. The Balaban J connectivity index is 2.76. The number of carboxylic acids is 1. The molecular weight excluding hydrogens is 258 g/mol. The zero-order valence-corrected chi connectivity index (χ0v) is 12.1. The van der Waals surface area contributed by atoms with E-state index in [0.717, 1.165) is 11.3 Å². The summed E-state index contributed by atoms with van der Waals surface area (Å²) in [5.41, 5.74) is 1.60. The maximum Gasteiger partial charge on any atom is 0.328 e. The number of nitrogens with one attached hydrogen (secondary N) is 1. The van der Waals surface area contributed by atoms with Gasteiger partial charge in [-0.2, -0.15) is 0 Å². The van der Waals surface area contributed by atoms with Crippen LogP contribution in [-0.4, -0.2) is 30.8 Å². The van der Waals surface area contributed by atoms with E-state index in [4.69, 9.17) is 14.6 Å². The average molecular weight is 279 g/mol. The smallest absolute Gasteiger partial charge is 0.328 e. The van der Waals surface area contributed by atoms with E-state index in [0.29, 0.717) is 31.3 Å². The maximum absolute atomic E-state index is 10.5. The molecule has 0 amide bonds. The van der Waals surface area contributed by atoms with Gasteiger partial charge >= 0.3 is 5.97 Å². The van der Waals surface area contributed by atoms with Gasteiger partial charge in [-0.25, -0.2) is 4.79 Å². The fourth-order valence-corrected chi connectivity index (χ4v) is 1.66. The first-order chi connectivity index (χ1) is 9.56. The first-order valence-electron chi connectivity index (χ1n) is 6.60. The minimum absolute atomic E-state index is 0.464. The molecule has 0 aliphatic rings. The van der Waals surface area contributed by atoms with Crippen molar-refractivity contribution in [3.63, 3.8) is 0 Å². The number of ether oxygens (including phenoxy) is 2. The number of rotatable bonds is 8. The fraction of sp³-hybridized carbons (Fsp3) is 0.400. The molecule has 0 aromatic heterocycles. The molecule has 0 saturated carbocycles. The number of anilines is 1. The average Bonchev–Trinajstić information content (AvgIpc) is 2.39. The third kappa shape index (κ3) is 5.22. The van der Waals surface area contributed by atoms with Crippen LogP contribution in [0, 0.1) is 0 Å². The highest BCUT2D eigenvalue weighted by Gasteiger charge is 2.06. The molecule has 0 aliphatic heterocycles. The van der Waals surface area contributed by atoms with Gasteiger partial charge in [-0.15, -0.1) is 0 Å². The van der Waals surface area contributed by atoms with Gasteiger partial charge in [-0.3, -0.25) is 0 Å². The Morgan fingerprint density at radius 2 is 1.90 bits per heavy atom. The molecular formula is C15H21NO4. The normalized spacial score (nSPS) is 11.1. The number of benzene rings is 1. The van der Waals surface area contributed by atoms with Crippen molar-refractivity contribution in [2.75, 3.05) is 25.1 Å². The topological polar surface area (TPSA) is 67.8 Å². The molecule has 2 N–H and O–H groups in total. The molecule has 20 heavy (non-hydrogen) atoms. The van der Waals surface area contributed by atoms with Crippen molar-refractivity contribution in [3.8, 4) is 11.5 Å². The monoisotopic (exact) mass is 279 g/mol. The summed E-state index contributed by atoms with van der Waals surface area (Å²) in [4.78, 5) is 10.5. The SMILES string of the molecule is CCOc1ccc(NC/C(C)=C/C(=O)O)cc1OCC. The van der Waals surface area contributed by atoms with E-state index >= 15 is 0 Å². The molecule has 0 aliphatic carbocycles. The van der Waals surface area contributed by atoms with E-state index in [1.165, 1.54) is 6.08 Å². The lowest BCUT2D eigenvalue weighted by molar-refractivity contribution is -0.131. The number of hydrogen-bond acceptors (Lipinski definition) is 4. The first-order valence-corrected chi connectivity index (χ1v) is 6.60. The fourth-order valence-electron chi connectivity index (χ4n) is 1.66. The summed E-state index contributed by atoms with van der Waals surface area (Å²) < 4.78 is 11.0. The number of carbonyl (C=O) groups is 1. The Bertz CT molecular complexity index is 483. The largest absolute Gasteiger partial charge is 0.490 e. The zero-order valence-electron chi connectivity index (χ0n) is 12.1. The van der Waals surface area contributed by atoms with Crippen LogP contribution in [0.5, 0.6) is 11.5 Å². The summed E-state index contributed by atoms with van der Waals surface area (Å²) in [6, 6.07) is 5.57. The molecule has 0 radical (unpaired) electrons. The van der Waals surface area contributed by atoms with Gasteiger partial charge in [0.05, 0.1) is 13.2 Å². The number of carboxylic acid groups (broad SMARTS) is 1. The lowest BCUT2D eigenvalue weighted by atomic mass is 10.2. The number of aliphatic carboxylic acids is 1. The molecule has 1 aromatic rings. The van der Waals surface area contributed by atoms with Gasteiger partial charge in [0.25, 0.3) is 0 Å². The summed E-state index contributed by atoms with van der Waals surface area (Å²) in [7, 11) is 0. The van der Waals surface area contributed by atoms with E-state index in [1.807, 2.05) is 32.0 Å². The van der Waals surface area contributed by atoms with E-state index < -0.39 is 5.97 Å². The van der Waals surface area contributed by atoms with Crippen LogP contribution in [0.1, 0.15) is 20.8 Å². The van der Waals surface area contributed by atoms with Crippen LogP contribution in [-0.2, 0) is 4.79 Å². The lowest BCUT2D eigenvalue weighted by Crippen LogP contribution is -2.05. The molecule has 0 fully saturated rings. The van der Waals surface area contributed by atoms with Crippen LogP contribution < -0.4 is 14.8 Å². The minimum atomic E-state index is -0.939. The third-order valence-corrected chi connectivity index (χ3v) is 2.48. The van der Waals surface area contributed by atoms with Gasteiger partial charge in [-0.05, 0) is 38.5 Å². The highest BCUT2D eigenvalue weighted by Crippen LogP contribution is 2.30. The Labute approximate surface area is 119 Å². The summed E-state index contributed by atoms with van der Waals surface area (Å²) in [5, 5.41) is 11.8. The predicted molar refractivity (Wildman–Crippen MR) is 78.7 cm³/mol. The Morgan fingerprint density at radius 3 is 2.50 bits per heavy atom.